The molecule has 39 heavy (non-hydrogen) atoms. The zero-order valence-corrected chi connectivity index (χ0v) is 23.1. The molecule has 2 saturated heterocycles. The Balaban J connectivity index is 1.18. The predicted molar refractivity (Wildman–Crippen MR) is 144 cm³/mol. The van der Waals surface area contributed by atoms with Crippen LogP contribution in [-0.4, -0.2) is 80.2 Å². The average Bonchev–Trinajstić information content (AvgIpc) is 3.42. The van der Waals surface area contributed by atoms with Crippen molar-refractivity contribution in [3.8, 4) is 17.1 Å². The van der Waals surface area contributed by atoms with Crippen molar-refractivity contribution in [2.45, 2.75) is 24.3 Å². The topological polar surface area (TPSA) is 127 Å². The zero-order chi connectivity index (χ0) is 27.4. The number of methoxy groups -OCH3 is 1. The van der Waals surface area contributed by atoms with Crippen molar-refractivity contribution in [2.24, 2.45) is 5.92 Å². The maximum atomic E-state index is 13.2. The van der Waals surface area contributed by atoms with Crippen LogP contribution in [0, 0.1) is 5.92 Å². The minimum Gasteiger partial charge on any atom is -0.495 e. The van der Waals surface area contributed by atoms with Gasteiger partial charge in [0.1, 0.15) is 10.6 Å². The van der Waals surface area contributed by atoms with Gasteiger partial charge in [-0.2, -0.15) is 9.29 Å². The maximum absolute atomic E-state index is 13.2. The molecular weight excluding hydrogens is 546 g/mol. The second kappa shape index (κ2) is 12.0. The number of aromatic nitrogens is 2. The van der Waals surface area contributed by atoms with Gasteiger partial charge in [-0.05, 0) is 56.3 Å². The van der Waals surface area contributed by atoms with E-state index < -0.39 is 10.0 Å². The lowest BCUT2D eigenvalue weighted by atomic mass is 9.96. The quantitative estimate of drug-likeness (QED) is 0.430. The molecule has 208 valence electrons. The number of carbonyl (C=O) groups excluding carboxylic acids is 1. The SMILES string of the molecule is COc1ccc(NC(=O)C2CCN(Cc3nc(-c4cccc(Cl)c4)no3)CC2)cc1S(=O)(=O)N1CCOCC1. The van der Waals surface area contributed by atoms with E-state index in [9.17, 15) is 13.2 Å². The van der Waals surface area contributed by atoms with Crippen LogP contribution in [0.3, 0.4) is 0 Å². The van der Waals surface area contributed by atoms with E-state index in [1.807, 2.05) is 12.1 Å². The number of morpholine rings is 1. The van der Waals surface area contributed by atoms with Crippen molar-refractivity contribution in [1.29, 1.82) is 0 Å². The van der Waals surface area contributed by atoms with Gasteiger partial charge in [0.05, 0.1) is 26.9 Å². The highest BCUT2D eigenvalue weighted by Gasteiger charge is 2.31. The molecule has 0 aliphatic carbocycles. The van der Waals surface area contributed by atoms with E-state index in [0.717, 1.165) is 5.56 Å². The molecular formula is C26H30ClN5O6S. The van der Waals surface area contributed by atoms with Crippen LogP contribution in [0.1, 0.15) is 18.7 Å². The number of sulfonamides is 1. The largest absolute Gasteiger partial charge is 0.495 e. The Hall–Kier alpha value is -3.03. The van der Waals surface area contributed by atoms with Crippen LogP contribution in [0.4, 0.5) is 5.69 Å². The molecule has 0 atom stereocenters. The lowest BCUT2D eigenvalue weighted by Crippen LogP contribution is -2.40. The third kappa shape index (κ3) is 6.42. The van der Waals surface area contributed by atoms with E-state index >= 15 is 0 Å². The number of ether oxygens (including phenoxy) is 2. The van der Waals surface area contributed by atoms with Gasteiger partial charge in [0.25, 0.3) is 0 Å². The molecule has 3 heterocycles. The monoisotopic (exact) mass is 575 g/mol. The van der Waals surface area contributed by atoms with Crippen molar-refractivity contribution >= 4 is 33.2 Å². The number of nitrogens with one attached hydrogen (secondary N) is 1. The molecule has 0 bridgehead atoms. The fourth-order valence-corrected chi connectivity index (χ4v) is 6.51. The number of benzene rings is 2. The third-order valence-corrected chi connectivity index (χ3v) is 9.04. The smallest absolute Gasteiger partial charge is 0.246 e. The fourth-order valence-electron chi connectivity index (χ4n) is 4.73. The van der Waals surface area contributed by atoms with Crippen LogP contribution in [0.2, 0.25) is 5.02 Å². The third-order valence-electron chi connectivity index (χ3n) is 6.89. The molecule has 11 nitrogen and oxygen atoms in total. The Morgan fingerprint density at radius 3 is 2.62 bits per heavy atom. The van der Waals surface area contributed by atoms with Gasteiger partial charge in [-0.1, -0.05) is 28.9 Å². The number of hydrogen-bond donors (Lipinski definition) is 1. The molecule has 2 aliphatic heterocycles. The van der Waals surface area contributed by atoms with E-state index in [1.165, 1.54) is 17.5 Å². The lowest BCUT2D eigenvalue weighted by molar-refractivity contribution is -0.121. The second-order valence-corrected chi connectivity index (χ2v) is 11.8. The van der Waals surface area contributed by atoms with Crippen LogP contribution in [0.25, 0.3) is 11.4 Å². The van der Waals surface area contributed by atoms with Gasteiger partial charge >= 0.3 is 0 Å². The molecule has 3 aromatic rings. The van der Waals surface area contributed by atoms with Gasteiger partial charge in [-0.3, -0.25) is 9.69 Å². The lowest BCUT2D eigenvalue weighted by Gasteiger charge is -2.30. The number of nitrogens with zero attached hydrogens (tertiary/aromatic N) is 4. The van der Waals surface area contributed by atoms with Crippen LogP contribution >= 0.6 is 11.6 Å². The van der Waals surface area contributed by atoms with Gasteiger partial charge in [-0.25, -0.2) is 8.42 Å². The molecule has 0 unspecified atom stereocenters. The highest BCUT2D eigenvalue weighted by Crippen LogP contribution is 2.31. The summed E-state index contributed by atoms with van der Waals surface area (Å²) in [5.74, 6) is 0.867. The van der Waals surface area contributed by atoms with Crippen molar-refractivity contribution in [3.63, 3.8) is 0 Å². The highest BCUT2D eigenvalue weighted by atomic mass is 35.5. The maximum Gasteiger partial charge on any atom is 0.246 e. The van der Waals surface area contributed by atoms with Gasteiger partial charge in [0.15, 0.2) is 0 Å². The van der Waals surface area contributed by atoms with E-state index in [0.29, 0.717) is 68.1 Å². The number of likely N-dealkylation sites (tertiary alicyclic amines) is 1. The number of amides is 1. The Labute approximate surface area is 232 Å². The average molecular weight is 576 g/mol. The minimum absolute atomic E-state index is 0.0243. The first-order chi connectivity index (χ1) is 18.8. The summed E-state index contributed by atoms with van der Waals surface area (Å²) in [6.45, 7) is 3.08. The van der Waals surface area contributed by atoms with Gasteiger partial charge in [0.2, 0.25) is 27.6 Å². The summed E-state index contributed by atoms with van der Waals surface area (Å²) >= 11 is 6.06. The number of rotatable bonds is 8. The molecule has 2 fully saturated rings. The van der Waals surface area contributed by atoms with E-state index in [4.69, 9.17) is 25.6 Å². The first-order valence-electron chi connectivity index (χ1n) is 12.7. The molecule has 2 aromatic carbocycles. The number of carbonyl (C=O) groups is 1. The number of halogens is 1. The van der Waals surface area contributed by atoms with Gasteiger partial charge < -0.3 is 19.3 Å². The molecule has 1 N–H and O–H groups in total. The molecule has 0 saturated carbocycles. The normalized spacial score (nSPS) is 17.7. The Morgan fingerprint density at radius 2 is 1.90 bits per heavy atom. The fraction of sp³-hybridized carbons (Fsp3) is 0.423. The number of anilines is 1. The first-order valence-corrected chi connectivity index (χ1v) is 14.5. The van der Waals surface area contributed by atoms with Gasteiger partial charge in [-0.15, -0.1) is 0 Å². The number of piperidine rings is 1. The van der Waals surface area contributed by atoms with Crippen LogP contribution in [0.15, 0.2) is 51.9 Å². The molecule has 5 rings (SSSR count). The van der Waals surface area contributed by atoms with Crippen LogP contribution < -0.4 is 10.1 Å². The molecule has 13 heteroatoms. The van der Waals surface area contributed by atoms with Gasteiger partial charge in [0, 0.05) is 35.3 Å². The molecule has 1 aromatic heterocycles. The number of hydrogen-bond acceptors (Lipinski definition) is 9. The molecule has 1 amide bonds. The van der Waals surface area contributed by atoms with Crippen molar-refractivity contribution in [1.82, 2.24) is 19.3 Å². The van der Waals surface area contributed by atoms with E-state index in [1.54, 1.807) is 24.3 Å². The molecule has 0 radical (unpaired) electrons. The Kier molecular flexibility index (Phi) is 8.48. The summed E-state index contributed by atoms with van der Waals surface area (Å²) in [5, 5.41) is 7.55. The Morgan fingerprint density at radius 1 is 1.13 bits per heavy atom. The summed E-state index contributed by atoms with van der Waals surface area (Å²) in [6.07, 6.45) is 1.30. The zero-order valence-electron chi connectivity index (χ0n) is 21.5. The summed E-state index contributed by atoms with van der Waals surface area (Å²) in [7, 11) is -2.38. The van der Waals surface area contributed by atoms with E-state index in [-0.39, 0.29) is 35.6 Å². The predicted octanol–water partition coefficient (Wildman–Crippen LogP) is 3.27. The summed E-state index contributed by atoms with van der Waals surface area (Å²) in [4.78, 5) is 19.7. The van der Waals surface area contributed by atoms with Crippen LogP contribution in [0.5, 0.6) is 5.75 Å². The Bertz CT molecular complexity index is 1420. The summed E-state index contributed by atoms with van der Waals surface area (Å²) in [5.41, 5.74) is 1.20. The van der Waals surface area contributed by atoms with Crippen molar-refractivity contribution in [3.05, 3.63) is 53.4 Å². The summed E-state index contributed by atoms with van der Waals surface area (Å²) < 4.78 is 43.9. The van der Waals surface area contributed by atoms with Crippen molar-refractivity contribution in [2.75, 3.05) is 51.8 Å². The van der Waals surface area contributed by atoms with Crippen molar-refractivity contribution < 1.29 is 27.2 Å². The highest BCUT2D eigenvalue weighted by molar-refractivity contribution is 7.89. The van der Waals surface area contributed by atoms with Crippen LogP contribution in [-0.2, 0) is 26.1 Å². The standard InChI is InChI=1S/C26H30ClN5O6S/c1-36-22-6-5-21(16-23(22)39(34,35)32-11-13-37-14-12-32)28-26(33)18-7-9-31(10-8-18)17-24-29-25(30-38-24)19-3-2-4-20(27)15-19/h2-6,15-16,18H,7-14,17H2,1H3,(H,28,33). The molecule has 2 aliphatic rings. The summed E-state index contributed by atoms with van der Waals surface area (Å²) in [6, 6.07) is 11.9. The molecule has 0 spiro atoms. The van der Waals surface area contributed by atoms with E-state index in [2.05, 4.69) is 20.4 Å². The second-order valence-electron chi connectivity index (χ2n) is 9.44. The first kappa shape index (κ1) is 27.5. The minimum atomic E-state index is -3.80.